The summed E-state index contributed by atoms with van der Waals surface area (Å²) in [6.07, 6.45) is 0.721. The van der Waals surface area contributed by atoms with Crippen molar-refractivity contribution >= 4 is 89.2 Å². The second-order valence-corrected chi connectivity index (χ2v) is 10.9. The van der Waals surface area contributed by atoms with Crippen LogP contribution in [0.3, 0.4) is 0 Å². The maximum atomic E-state index is 12.3. The van der Waals surface area contributed by atoms with Gasteiger partial charge in [-0.15, -0.1) is 0 Å². The number of anilines is 1. The van der Waals surface area contributed by atoms with E-state index in [1.807, 2.05) is 0 Å². The van der Waals surface area contributed by atoms with Crippen LogP contribution in [0, 0.1) is 5.41 Å². The molecule has 1 aliphatic rings. The molecule has 2 aromatic carbocycles. The molecule has 0 aliphatic heterocycles. The Morgan fingerprint density at radius 1 is 1.00 bits per heavy atom. The average Bonchev–Trinajstić information content (AvgIpc) is 3.63. The average molecular weight is 634 g/mol. The smallest absolute Gasteiger partial charge is 0.480 e. The molecule has 1 amide bonds. The fraction of sp³-hybridized carbons (Fsp3) is 0.304. The highest BCUT2D eigenvalue weighted by atomic mass is 35.5. The van der Waals surface area contributed by atoms with Crippen LogP contribution in [0.4, 0.5) is 5.69 Å². The van der Waals surface area contributed by atoms with Crippen molar-refractivity contribution in [2.24, 2.45) is 5.41 Å². The van der Waals surface area contributed by atoms with Crippen LogP contribution in [-0.2, 0) is 27.7 Å². The summed E-state index contributed by atoms with van der Waals surface area (Å²) < 4.78 is 27.6. The van der Waals surface area contributed by atoms with Crippen molar-refractivity contribution in [2.75, 3.05) is 18.5 Å². The molecule has 2 aromatic rings. The zero-order valence-electron chi connectivity index (χ0n) is 19.6. The standard InChI is InChI=1S/C12H14Cl3O4P.C11H9Cl2NO3/c1-3-17-20(16,18-4-2)19-12(8-13)10-6-5-9(14)7-11(10)15;12-6-1-2-8(7(13)5-6)14-9(15)11(3-4-11)10(16)17/h5-8H,3-4H2,1-2H3;1-2,5H,3-4H2,(H,14,15)(H,16,17)/b12-8-;. The third kappa shape index (κ3) is 8.77. The quantitative estimate of drug-likeness (QED) is 0.153. The number of carbonyl (C=O) groups is 2. The zero-order valence-corrected chi connectivity index (χ0v) is 24.3. The number of carbonyl (C=O) groups excluding carboxylic acids is 1. The third-order valence-corrected chi connectivity index (χ3v) is 7.72. The number of hydrogen-bond acceptors (Lipinski definition) is 6. The second kappa shape index (κ2) is 14.1. The number of rotatable bonds is 10. The first-order valence-electron chi connectivity index (χ1n) is 10.8. The van der Waals surface area contributed by atoms with Crippen LogP contribution < -0.4 is 5.32 Å². The first kappa shape index (κ1) is 31.7. The Morgan fingerprint density at radius 3 is 1.97 bits per heavy atom. The summed E-state index contributed by atoms with van der Waals surface area (Å²) in [5.74, 6) is -1.55. The molecule has 0 heterocycles. The molecule has 1 saturated carbocycles. The van der Waals surface area contributed by atoms with Crippen LogP contribution in [0.25, 0.3) is 5.76 Å². The highest BCUT2D eigenvalue weighted by Crippen LogP contribution is 2.53. The molecule has 0 atom stereocenters. The number of phosphoric ester groups is 1. The molecule has 0 saturated heterocycles. The van der Waals surface area contributed by atoms with Gasteiger partial charge in [-0.3, -0.25) is 18.6 Å². The lowest BCUT2D eigenvalue weighted by atomic mass is 10.1. The summed E-state index contributed by atoms with van der Waals surface area (Å²) >= 11 is 29.2. The Kier molecular flexibility index (Phi) is 12.1. The molecule has 0 unspecified atom stereocenters. The number of benzene rings is 2. The van der Waals surface area contributed by atoms with Crippen LogP contribution in [-0.4, -0.2) is 30.2 Å². The van der Waals surface area contributed by atoms with E-state index in [-0.39, 0.29) is 24.0 Å². The van der Waals surface area contributed by atoms with Crippen LogP contribution in [0.15, 0.2) is 41.9 Å². The molecular weight excluding hydrogens is 610 g/mol. The molecule has 0 radical (unpaired) electrons. The summed E-state index contributed by atoms with van der Waals surface area (Å²) in [6.45, 7) is 3.69. The third-order valence-electron chi connectivity index (χ3n) is 4.85. The van der Waals surface area contributed by atoms with Crippen LogP contribution in [0.1, 0.15) is 32.3 Å². The van der Waals surface area contributed by atoms with Gasteiger partial charge in [-0.1, -0.05) is 58.0 Å². The van der Waals surface area contributed by atoms with Gasteiger partial charge in [0.2, 0.25) is 5.91 Å². The molecule has 0 spiro atoms. The van der Waals surface area contributed by atoms with E-state index < -0.39 is 25.1 Å². The molecule has 14 heteroatoms. The fourth-order valence-electron chi connectivity index (χ4n) is 2.84. The van der Waals surface area contributed by atoms with Gasteiger partial charge in [0.25, 0.3) is 0 Å². The van der Waals surface area contributed by atoms with Gasteiger partial charge in [-0.2, -0.15) is 0 Å². The van der Waals surface area contributed by atoms with E-state index >= 15 is 0 Å². The number of carboxylic acids is 1. The van der Waals surface area contributed by atoms with Gasteiger partial charge in [-0.25, -0.2) is 4.57 Å². The van der Waals surface area contributed by atoms with E-state index in [4.69, 9.17) is 76.7 Å². The van der Waals surface area contributed by atoms with E-state index in [1.54, 1.807) is 38.1 Å². The molecule has 0 bridgehead atoms. The van der Waals surface area contributed by atoms with E-state index in [2.05, 4.69) is 5.32 Å². The first-order valence-corrected chi connectivity index (χ1v) is 14.2. The Hall–Kier alpha value is -1.48. The van der Waals surface area contributed by atoms with Crippen molar-refractivity contribution in [1.29, 1.82) is 0 Å². The molecule has 1 fully saturated rings. The van der Waals surface area contributed by atoms with E-state index in [1.165, 1.54) is 12.1 Å². The van der Waals surface area contributed by atoms with Gasteiger partial charge in [0, 0.05) is 21.1 Å². The Labute approximate surface area is 239 Å². The molecule has 0 aromatic heterocycles. The Morgan fingerprint density at radius 2 is 1.54 bits per heavy atom. The van der Waals surface area contributed by atoms with Gasteiger partial charge in [-0.05, 0) is 63.1 Å². The van der Waals surface area contributed by atoms with E-state index in [9.17, 15) is 14.2 Å². The number of phosphoric acid groups is 1. The van der Waals surface area contributed by atoms with E-state index in [0.29, 0.717) is 39.2 Å². The summed E-state index contributed by atoms with van der Waals surface area (Å²) in [5.41, 5.74) is 0.641. The van der Waals surface area contributed by atoms with Crippen molar-refractivity contribution in [3.63, 3.8) is 0 Å². The maximum Gasteiger partial charge on any atom is 0.530 e. The minimum Gasteiger partial charge on any atom is -0.480 e. The number of carboxylic acid groups (broad SMARTS) is 1. The number of hydrogen-bond donors (Lipinski definition) is 2. The van der Waals surface area contributed by atoms with Crippen molar-refractivity contribution in [3.8, 4) is 0 Å². The normalized spacial score (nSPS) is 14.3. The van der Waals surface area contributed by atoms with Gasteiger partial charge in [0.1, 0.15) is 5.41 Å². The van der Waals surface area contributed by atoms with Crippen molar-refractivity contribution in [3.05, 3.63) is 67.6 Å². The minimum atomic E-state index is -3.73. The number of halogens is 5. The lowest BCUT2D eigenvalue weighted by molar-refractivity contribution is -0.147. The zero-order chi connectivity index (χ0) is 27.8. The van der Waals surface area contributed by atoms with Crippen molar-refractivity contribution in [2.45, 2.75) is 26.7 Å². The van der Waals surface area contributed by atoms with Gasteiger partial charge in [0.05, 0.1) is 28.9 Å². The van der Waals surface area contributed by atoms with Crippen LogP contribution in [0.2, 0.25) is 20.1 Å². The lowest BCUT2D eigenvalue weighted by Gasteiger charge is -2.19. The number of amides is 1. The Bertz CT molecular complexity index is 1210. The second-order valence-electron chi connectivity index (χ2n) is 7.44. The number of nitrogens with one attached hydrogen (secondary N) is 1. The minimum absolute atomic E-state index is 0.0820. The van der Waals surface area contributed by atoms with Crippen LogP contribution in [0.5, 0.6) is 0 Å². The summed E-state index contributed by atoms with van der Waals surface area (Å²) in [5, 5.41) is 13.0. The maximum absolute atomic E-state index is 12.3. The SMILES string of the molecule is CCOP(=O)(OCC)O/C(=C\Cl)c1ccc(Cl)cc1Cl.O=C(O)C1(C(=O)Nc2ccc(Cl)cc2Cl)CC1. The van der Waals surface area contributed by atoms with Gasteiger partial charge < -0.3 is 14.9 Å². The molecule has 3 rings (SSSR count). The predicted octanol–water partition coefficient (Wildman–Crippen LogP) is 8.53. The highest BCUT2D eigenvalue weighted by Gasteiger charge is 2.57. The predicted molar refractivity (Wildman–Crippen MR) is 147 cm³/mol. The van der Waals surface area contributed by atoms with Crippen LogP contribution >= 0.6 is 65.8 Å². The molecule has 1 aliphatic carbocycles. The fourth-order valence-corrected chi connectivity index (χ4v) is 5.23. The Balaban J connectivity index is 0.000000263. The molecule has 37 heavy (non-hydrogen) atoms. The molecule has 8 nitrogen and oxygen atoms in total. The monoisotopic (exact) mass is 631 g/mol. The largest absolute Gasteiger partial charge is 0.530 e. The molecule has 2 N–H and O–H groups in total. The summed E-state index contributed by atoms with van der Waals surface area (Å²) in [4.78, 5) is 22.7. The first-order chi connectivity index (χ1) is 17.4. The molecule has 202 valence electrons. The van der Waals surface area contributed by atoms with Crippen molar-refractivity contribution in [1.82, 2.24) is 0 Å². The summed E-state index contributed by atoms with van der Waals surface area (Å²) in [7, 11) is -3.73. The van der Waals surface area contributed by atoms with E-state index in [0.717, 1.165) is 5.54 Å². The lowest BCUT2D eigenvalue weighted by Crippen LogP contribution is -2.31. The summed E-state index contributed by atoms with van der Waals surface area (Å²) in [6, 6.07) is 9.33. The van der Waals surface area contributed by atoms with Gasteiger partial charge >= 0.3 is 13.8 Å². The van der Waals surface area contributed by atoms with Crippen molar-refractivity contribution < 1.29 is 32.8 Å². The molecular formula is C23H23Cl5NO7P. The topological polar surface area (TPSA) is 111 Å². The highest BCUT2D eigenvalue weighted by molar-refractivity contribution is 7.48. The number of aliphatic carboxylic acids is 1. The van der Waals surface area contributed by atoms with Gasteiger partial charge in [0.15, 0.2) is 5.76 Å².